The number of carbonyl (C=O) groups is 1. The lowest BCUT2D eigenvalue weighted by molar-refractivity contribution is -0.130. The van der Waals surface area contributed by atoms with Crippen LogP contribution >= 0.6 is 0 Å². The van der Waals surface area contributed by atoms with Crippen LogP contribution in [0.2, 0.25) is 0 Å². The summed E-state index contributed by atoms with van der Waals surface area (Å²) in [7, 11) is 0. The lowest BCUT2D eigenvalue weighted by Gasteiger charge is -2.37. The third-order valence-electron chi connectivity index (χ3n) is 3.86. The van der Waals surface area contributed by atoms with Crippen LogP contribution < -0.4 is 11.1 Å². The van der Waals surface area contributed by atoms with E-state index in [4.69, 9.17) is 10.5 Å². The molecule has 17 heavy (non-hydrogen) atoms. The predicted octanol–water partition coefficient (Wildman–Crippen LogP) is -0.295. The molecule has 0 aromatic heterocycles. The van der Waals surface area contributed by atoms with Crippen molar-refractivity contribution in [3.8, 4) is 0 Å². The second-order valence-electron chi connectivity index (χ2n) is 5.11. The Morgan fingerprint density at radius 2 is 2.35 bits per heavy atom. The average molecular weight is 241 g/mol. The molecule has 1 atom stereocenters. The molecule has 1 aliphatic carbocycles. The molecule has 5 heteroatoms. The van der Waals surface area contributed by atoms with Gasteiger partial charge in [0.1, 0.15) is 0 Å². The molecule has 0 bridgehead atoms. The molecular weight excluding hydrogens is 218 g/mol. The molecule has 0 aromatic carbocycles. The van der Waals surface area contributed by atoms with Crippen molar-refractivity contribution in [2.24, 2.45) is 5.73 Å². The fourth-order valence-corrected chi connectivity index (χ4v) is 2.36. The summed E-state index contributed by atoms with van der Waals surface area (Å²) in [6.45, 7) is 6.39. The molecular formula is C12H23N3O2. The highest BCUT2D eigenvalue weighted by molar-refractivity contribution is 5.87. The van der Waals surface area contributed by atoms with Crippen LogP contribution in [0.5, 0.6) is 0 Å². The van der Waals surface area contributed by atoms with Gasteiger partial charge in [-0.3, -0.25) is 9.69 Å². The van der Waals surface area contributed by atoms with Crippen LogP contribution in [0.25, 0.3) is 0 Å². The van der Waals surface area contributed by atoms with Gasteiger partial charge in [0.25, 0.3) is 0 Å². The Morgan fingerprint density at radius 3 is 2.94 bits per heavy atom. The third-order valence-corrected chi connectivity index (χ3v) is 3.86. The molecule has 0 spiro atoms. The van der Waals surface area contributed by atoms with Crippen LogP contribution in [0.15, 0.2) is 0 Å². The highest BCUT2D eigenvalue weighted by atomic mass is 16.5. The van der Waals surface area contributed by atoms with Gasteiger partial charge in [0.15, 0.2) is 0 Å². The number of hydrogen-bond donors (Lipinski definition) is 2. The number of rotatable bonds is 4. The van der Waals surface area contributed by atoms with Crippen LogP contribution in [0.4, 0.5) is 0 Å². The number of nitrogens with two attached hydrogens (primary N) is 1. The number of hydrogen-bond acceptors (Lipinski definition) is 4. The monoisotopic (exact) mass is 241 g/mol. The fourth-order valence-electron chi connectivity index (χ4n) is 2.36. The van der Waals surface area contributed by atoms with Crippen LogP contribution in [0.3, 0.4) is 0 Å². The van der Waals surface area contributed by atoms with E-state index in [1.54, 1.807) is 0 Å². The van der Waals surface area contributed by atoms with Gasteiger partial charge in [-0.15, -0.1) is 0 Å². The summed E-state index contributed by atoms with van der Waals surface area (Å²) < 4.78 is 5.63. The third kappa shape index (κ3) is 2.97. The first-order chi connectivity index (χ1) is 8.14. The molecule has 3 N–H and O–H groups in total. The van der Waals surface area contributed by atoms with E-state index >= 15 is 0 Å². The first-order valence-corrected chi connectivity index (χ1v) is 6.55. The Labute approximate surface area is 103 Å². The molecule has 1 heterocycles. The number of ether oxygens (including phenoxy) is 1. The predicted molar refractivity (Wildman–Crippen MR) is 65.6 cm³/mol. The summed E-state index contributed by atoms with van der Waals surface area (Å²) in [5.41, 5.74) is 5.35. The lowest BCUT2D eigenvalue weighted by Crippen LogP contribution is -2.60. The van der Waals surface area contributed by atoms with Gasteiger partial charge in [-0.2, -0.15) is 0 Å². The Morgan fingerprint density at radius 1 is 1.59 bits per heavy atom. The van der Waals surface area contributed by atoms with E-state index in [1.165, 1.54) is 0 Å². The van der Waals surface area contributed by atoms with Crippen LogP contribution in [0, 0.1) is 0 Å². The SMILES string of the molecule is CCN1CCOC(CNC(=O)C2(N)CCC2)C1. The van der Waals surface area contributed by atoms with Gasteiger partial charge < -0.3 is 15.8 Å². The minimum atomic E-state index is -0.598. The molecule has 1 amide bonds. The van der Waals surface area contributed by atoms with Crippen molar-refractivity contribution in [2.75, 3.05) is 32.8 Å². The molecule has 98 valence electrons. The summed E-state index contributed by atoms with van der Waals surface area (Å²) >= 11 is 0. The Balaban J connectivity index is 1.72. The molecule has 0 radical (unpaired) electrons. The second kappa shape index (κ2) is 5.33. The van der Waals surface area contributed by atoms with E-state index in [2.05, 4.69) is 17.1 Å². The molecule has 1 saturated heterocycles. The maximum Gasteiger partial charge on any atom is 0.240 e. The van der Waals surface area contributed by atoms with E-state index in [0.29, 0.717) is 6.54 Å². The van der Waals surface area contributed by atoms with Gasteiger partial charge in [-0.1, -0.05) is 6.92 Å². The highest BCUT2D eigenvalue weighted by Gasteiger charge is 2.40. The quantitative estimate of drug-likeness (QED) is 0.709. The number of nitrogens with zero attached hydrogens (tertiary/aromatic N) is 1. The van der Waals surface area contributed by atoms with Gasteiger partial charge in [-0.05, 0) is 25.8 Å². The van der Waals surface area contributed by atoms with Crippen molar-refractivity contribution in [2.45, 2.75) is 37.8 Å². The molecule has 2 fully saturated rings. The van der Waals surface area contributed by atoms with Crippen LogP contribution in [0.1, 0.15) is 26.2 Å². The lowest BCUT2D eigenvalue weighted by atomic mass is 9.77. The number of morpholine rings is 1. The van der Waals surface area contributed by atoms with E-state index in [-0.39, 0.29) is 12.0 Å². The Bertz CT molecular complexity index is 279. The van der Waals surface area contributed by atoms with Crippen molar-refractivity contribution in [1.29, 1.82) is 0 Å². The van der Waals surface area contributed by atoms with Gasteiger partial charge in [0, 0.05) is 19.6 Å². The molecule has 1 aliphatic heterocycles. The highest BCUT2D eigenvalue weighted by Crippen LogP contribution is 2.28. The van der Waals surface area contributed by atoms with E-state index < -0.39 is 5.54 Å². The number of nitrogens with one attached hydrogen (secondary N) is 1. The van der Waals surface area contributed by atoms with Crippen molar-refractivity contribution in [3.05, 3.63) is 0 Å². The first kappa shape index (κ1) is 12.8. The smallest absolute Gasteiger partial charge is 0.240 e. The van der Waals surface area contributed by atoms with Crippen LogP contribution in [-0.4, -0.2) is 55.2 Å². The maximum absolute atomic E-state index is 11.8. The summed E-state index contributed by atoms with van der Waals surface area (Å²) in [5, 5.41) is 2.92. The zero-order valence-corrected chi connectivity index (χ0v) is 10.6. The van der Waals surface area contributed by atoms with E-state index in [1.807, 2.05) is 0 Å². The molecule has 1 unspecified atom stereocenters. The summed E-state index contributed by atoms with van der Waals surface area (Å²) in [6, 6.07) is 0. The Hall–Kier alpha value is -0.650. The Kier molecular flexibility index (Phi) is 4.01. The second-order valence-corrected chi connectivity index (χ2v) is 5.11. The largest absolute Gasteiger partial charge is 0.374 e. The summed E-state index contributed by atoms with van der Waals surface area (Å²) in [4.78, 5) is 14.2. The van der Waals surface area contributed by atoms with Crippen LogP contribution in [-0.2, 0) is 9.53 Å². The number of amides is 1. The van der Waals surface area contributed by atoms with Crippen molar-refractivity contribution < 1.29 is 9.53 Å². The fraction of sp³-hybridized carbons (Fsp3) is 0.917. The van der Waals surface area contributed by atoms with Crippen molar-refractivity contribution >= 4 is 5.91 Å². The number of carbonyl (C=O) groups excluding carboxylic acids is 1. The van der Waals surface area contributed by atoms with Gasteiger partial charge in [-0.25, -0.2) is 0 Å². The molecule has 1 saturated carbocycles. The normalized spacial score (nSPS) is 28.5. The average Bonchev–Trinajstić information content (AvgIpc) is 2.33. The topological polar surface area (TPSA) is 67.6 Å². The van der Waals surface area contributed by atoms with Crippen molar-refractivity contribution in [1.82, 2.24) is 10.2 Å². The van der Waals surface area contributed by atoms with Gasteiger partial charge in [0.05, 0.1) is 18.2 Å². The van der Waals surface area contributed by atoms with E-state index in [9.17, 15) is 4.79 Å². The zero-order chi connectivity index (χ0) is 12.3. The van der Waals surface area contributed by atoms with E-state index in [0.717, 1.165) is 45.5 Å². The molecule has 5 nitrogen and oxygen atoms in total. The summed E-state index contributed by atoms with van der Waals surface area (Å²) in [5.74, 6) is -0.0130. The standard InChI is InChI=1S/C12H23N3O2/c1-2-15-6-7-17-10(9-15)8-14-11(16)12(13)4-3-5-12/h10H,2-9,13H2,1H3,(H,14,16). The minimum absolute atomic E-state index is 0.0130. The molecule has 0 aromatic rings. The van der Waals surface area contributed by atoms with Gasteiger partial charge in [0.2, 0.25) is 5.91 Å². The summed E-state index contributed by atoms with van der Waals surface area (Å²) in [6.07, 6.45) is 2.79. The minimum Gasteiger partial charge on any atom is -0.374 e. The van der Waals surface area contributed by atoms with Gasteiger partial charge >= 0.3 is 0 Å². The maximum atomic E-state index is 11.8. The molecule has 2 rings (SSSR count). The number of likely N-dealkylation sites (N-methyl/N-ethyl adjacent to an activating group) is 1. The zero-order valence-electron chi connectivity index (χ0n) is 10.6. The van der Waals surface area contributed by atoms with Crippen molar-refractivity contribution in [3.63, 3.8) is 0 Å². The molecule has 2 aliphatic rings. The first-order valence-electron chi connectivity index (χ1n) is 6.55.